The van der Waals surface area contributed by atoms with Crippen molar-refractivity contribution in [1.29, 1.82) is 0 Å². The minimum absolute atomic E-state index is 0.106. The van der Waals surface area contributed by atoms with E-state index in [0.29, 0.717) is 12.2 Å². The molecular weight excluding hydrogens is 194 g/mol. The zero-order valence-corrected chi connectivity index (χ0v) is 8.45. The maximum Gasteiger partial charge on any atom is 0.325 e. The monoisotopic (exact) mass is 206 g/mol. The Kier molecular flexibility index (Phi) is 4.34. The molecule has 0 saturated carbocycles. The van der Waals surface area contributed by atoms with Crippen molar-refractivity contribution < 1.29 is 14.3 Å². The molecule has 0 aliphatic rings. The van der Waals surface area contributed by atoms with Gasteiger partial charge in [-0.1, -0.05) is 12.1 Å². The first-order valence-electron chi connectivity index (χ1n) is 4.64. The first-order chi connectivity index (χ1) is 7.24. The van der Waals surface area contributed by atoms with Crippen LogP contribution in [-0.2, 0) is 9.53 Å². The molecule has 0 atom stereocenters. The van der Waals surface area contributed by atoms with Crippen LogP contribution in [0.2, 0.25) is 0 Å². The lowest BCUT2D eigenvalue weighted by Gasteiger charge is -2.04. The zero-order valence-electron chi connectivity index (χ0n) is 8.45. The van der Waals surface area contributed by atoms with Gasteiger partial charge in [0.1, 0.15) is 6.54 Å². The normalized spacial score (nSPS) is 9.40. The van der Waals surface area contributed by atoms with Gasteiger partial charge in [-0.3, -0.25) is 9.59 Å². The summed E-state index contributed by atoms with van der Waals surface area (Å²) in [7, 11) is 0. The van der Waals surface area contributed by atoms with Crippen LogP contribution >= 0.6 is 0 Å². The quantitative estimate of drug-likeness (QED) is 0.740. The molecule has 1 aromatic rings. The number of hydrogen-bond acceptors (Lipinski definition) is 3. The number of amides is 1. The summed E-state index contributed by atoms with van der Waals surface area (Å²) < 4.78 is 4.67. The van der Waals surface area contributed by atoms with E-state index in [2.05, 4.69) is 16.1 Å². The standard InChI is InChI=1S/C11H12NO3/c1-2-15-10(13)8-12-11(14)9-6-4-3-5-7-9/h4-7H,2,8H2,1H3,(H,12,14). The second kappa shape index (κ2) is 5.80. The molecule has 0 unspecified atom stereocenters. The summed E-state index contributed by atoms with van der Waals surface area (Å²) in [6.45, 7) is 1.92. The third-order valence-electron chi connectivity index (χ3n) is 1.68. The molecule has 1 aromatic carbocycles. The van der Waals surface area contributed by atoms with Crippen molar-refractivity contribution in [3.8, 4) is 0 Å². The summed E-state index contributed by atoms with van der Waals surface area (Å²) in [5.74, 6) is -0.731. The summed E-state index contributed by atoms with van der Waals surface area (Å²) in [5.41, 5.74) is 0.498. The molecule has 0 aliphatic carbocycles. The zero-order chi connectivity index (χ0) is 11.1. The van der Waals surface area contributed by atoms with E-state index in [0.717, 1.165) is 0 Å². The van der Waals surface area contributed by atoms with E-state index in [1.165, 1.54) is 0 Å². The van der Waals surface area contributed by atoms with Crippen LogP contribution in [0.1, 0.15) is 17.3 Å². The third kappa shape index (κ3) is 3.81. The highest BCUT2D eigenvalue weighted by Crippen LogP contribution is 1.96. The number of ether oxygens (including phenoxy) is 1. The van der Waals surface area contributed by atoms with Crippen molar-refractivity contribution in [3.05, 3.63) is 35.9 Å². The van der Waals surface area contributed by atoms with Crippen molar-refractivity contribution >= 4 is 11.9 Å². The van der Waals surface area contributed by atoms with Crippen LogP contribution in [0.5, 0.6) is 0 Å². The van der Waals surface area contributed by atoms with Crippen LogP contribution in [0.25, 0.3) is 0 Å². The summed E-state index contributed by atoms with van der Waals surface area (Å²) >= 11 is 0. The van der Waals surface area contributed by atoms with Crippen molar-refractivity contribution in [2.45, 2.75) is 6.92 Å². The van der Waals surface area contributed by atoms with Gasteiger partial charge < -0.3 is 10.1 Å². The smallest absolute Gasteiger partial charge is 0.325 e. The van der Waals surface area contributed by atoms with Crippen molar-refractivity contribution in [3.63, 3.8) is 0 Å². The molecule has 0 aliphatic heterocycles. The summed E-state index contributed by atoms with van der Waals surface area (Å²) in [4.78, 5) is 22.4. The molecule has 4 nitrogen and oxygen atoms in total. The molecule has 0 aromatic heterocycles. The Bertz CT molecular complexity index is 335. The van der Waals surface area contributed by atoms with Gasteiger partial charge in [-0.2, -0.15) is 0 Å². The van der Waals surface area contributed by atoms with E-state index in [9.17, 15) is 9.59 Å². The van der Waals surface area contributed by atoms with Gasteiger partial charge in [0.05, 0.1) is 6.61 Å². The number of hydrogen-bond donors (Lipinski definition) is 1. The average Bonchev–Trinajstić information content (AvgIpc) is 2.27. The summed E-state index contributed by atoms with van der Waals surface area (Å²) in [6.07, 6.45) is 0. The molecule has 0 saturated heterocycles. The number of nitrogens with one attached hydrogen (secondary N) is 1. The van der Waals surface area contributed by atoms with E-state index in [-0.39, 0.29) is 12.5 Å². The van der Waals surface area contributed by atoms with Crippen LogP contribution in [0.3, 0.4) is 0 Å². The highest BCUT2D eigenvalue weighted by atomic mass is 16.5. The number of carbonyl (C=O) groups is 2. The van der Waals surface area contributed by atoms with Gasteiger partial charge in [-0.25, -0.2) is 0 Å². The van der Waals surface area contributed by atoms with Gasteiger partial charge in [0.25, 0.3) is 5.91 Å². The molecule has 4 heteroatoms. The lowest BCUT2D eigenvalue weighted by atomic mass is 10.2. The van der Waals surface area contributed by atoms with E-state index in [4.69, 9.17) is 0 Å². The molecule has 0 spiro atoms. The number of benzene rings is 1. The van der Waals surface area contributed by atoms with E-state index in [1.807, 2.05) is 0 Å². The predicted molar refractivity (Wildman–Crippen MR) is 54.2 cm³/mol. The lowest BCUT2D eigenvalue weighted by Crippen LogP contribution is -2.30. The second-order valence-corrected chi connectivity index (χ2v) is 2.78. The van der Waals surface area contributed by atoms with Gasteiger partial charge in [0.15, 0.2) is 0 Å². The Labute approximate surface area is 88.2 Å². The largest absolute Gasteiger partial charge is 0.465 e. The maximum absolute atomic E-state index is 11.4. The Morgan fingerprint density at radius 2 is 2.07 bits per heavy atom. The number of esters is 1. The molecule has 15 heavy (non-hydrogen) atoms. The highest BCUT2D eigenvalue weighted by Gasteiger charge is 2.07. The van der Waals surface area contributed by atoms with Crippen LogP contribution in [-0.4, -0.2) is 25.0 Å². The number of rotatable bonds is 4. The molecule has 0 heterocycles. The van der Waals surface area contributed by atoms with Crippen molar-refractivity contribution in [1.82, 2.24) is 5.32 Å². The predicted octanol–water partition coefficient (Wildman–Crippen LogP) is 0.780. The van der Waals surface area contributed by atoms with Crippen LogP contribution in [0, 0.1) is 6.07 Å². The minimum atomic E-state index is -0.437. The maximum atomic E-state index is 11.4. The molecular formula is C11H12NO3. The van der Waals surface area contributed by atoms with Gasteiger partial charge in [0, 0.05) is 5.56 Å². The Hall–Kier alpha value is -1.84. The molecule has 1 radical (unpaired) electrons. The molecule has 0 fully saturated rings. The van der Waals surface area contributed by atoms with Crippen LogP contribution in [0.15, 0.2) is 24.3 Å². The van der Waals surface area contributed by atoms with Gasteiger partial charge in [-0.15, -0.1) is 0 Å². The fourth-order valence-electron chi connectivity index (χ4n) is 1.00. The Morgan fingerprint density at radius 3 is 2.67 bits per heavy atom. The summed E-state index contributed by atoms with van der Waals surface area (Å²) in [5, 5.41) is 2.46. The van der Waals surface area contributed by atoms with E-state index < -0.39 is 5.97 Å². The molecule has 1 N–H and O–H groups in total. The molecule has 0 bridgehead atoms. The Morgan fingerprint density at radius 1 is 1.40 bits per heavy atom. The molecule has 1 amide bonds. The van der Waals surface area contributed by atoms with Crippen molar-refractivity contribution in [2.75, 3.05) is 13.2 Å². The van der Waals surface area contributed by atoms with Crippen LogP contribution in [0.4, 0.5) is 0 Å². The molecule has 1 rings (SSSR count). The SMILES string of the molecule is CCOC(=O)CNC(=O)c1cc[c]cc1. The fourth-order valence-corrected chi connectivity index (χ4v) is 1.00. The van der Waals surface area contributed by atoms with Crippen molar-refractivity contribution in [2.24, 2.45) is 0 Å². The topological polar surface area (TPSA) is 55.4 Å². The highest BCUT2D eigenvalue weighted by molar-refractivity contribution is 5.95. The first kappa shape index (κ1) is 11.2. The van der Waals surface area contributed by atoms with Gasteiger partial charge >= 0.3 is 5.97 Å². The second-order valence-electron chi connectivity index (χ2n) is 2.78. The van der Waals surface area contributed by atoms with Gasteiger partial charge in [-0.05, 0) is 25.1 Å². The van der Waals surface area contributed by atoms with E-state index in [1.54, 1.807) is 31.2 Å². The fraction of sp³-hybridized carbons (Fsp3) is 0.273. The van der Waals surface area contributed by atoms with Gasteiger partial charge in [0.2, 0.25) is 0 Å². The van der Waals surface area contributed by atoms with Crippen LogP contribution < -0.4 is 5.32 Å². The lowest BCUT2D eigenvalue weighted by molar-refractivity contribution is -0.141. The Balaban J connectivity index is 2.40. The number of carbonyl (C=O) groups excluding carboxylic acids is 2. The summed E-state index contributed by atoms with van der Waals surface area (Å²) in [6, 6.07) is 9.33. The van der Waals surface area contributed by atoms with E-state index >= 15 is 0 Å². The average molecular weight is 206 g/mol. The molecule has 79 valence electrons. The third-order valence-corrected chi connectivity index (χ3v) is 1.68. The first-order valence-corrected chi connectivity index (χ1v) is 4.64. The minimum Gasteiger partial charge on any atom is -0.465 e.